The fourth-order valence-corrected chi connectivity index (χ4v) is 2.44. The van der Waals surface area contributed by atoms with Crippen LogP contribution in [-0.4, -0.2) is 79.3 Å². The van der Waals surface area contributed by atoms with Crippen molar-refractivity contribution < 1.29 is 9.53 Å². The zero-order valence-electron chi connectivity index (χ0n) is 17.3. The van der Waals surface area contributed by atoms with Crippen LogP contribution in [0.2, 0.25) is 0 Å². The average molecular weight is 483 g/mol. The van der Waals surface area contributed by atoms with Gasteiger partial charge in [0.05, 0.1) is 6.54 Å². The van der Waals surface area contributed by atoms with Gasteiger partial charge in [-0.2, -0.15) is 0 Å². The number of carbonyl (C=O) groups is 1. The van der Waals surface area contributed by atoms with Crippen molar-refractivity contribution in [3.63, 3.8) is 0 Å². The molecule has 1 amide bonds. The smallest absolute Gasteiger partial charge is 0.410 e. The predicted molar refractivity (Wildman–Crippen MR) is 119 cm³/mol. The molecule has 0 aromatic carbocycles. The van der Waals surface area contributed by atoms with Crippen LogP contribution in [0.5, 0.6) is 0 Å². The Morgan fingerprint density at radius 3 is 2.31 bits per heavy atom. The summed E-state index contributed by atoms with van der Waals surface area (Å²) in [5, 5.41) is 6.68. The second-order valence-electron chi connectivity index (χ2n) is 7.52. The number of aliphatic imine (C=N–C) groups is 1. The number of ether oxygens (including phenoxy) is 1. The van der Waals surface area contributed by atoms with E-state index in [4.69, 9.17) is 4.74 Å². The highest BCUT2D eigenvalue weighted by Gasteiger charge is 2.25. The maximum atomic E-state index is 12.1. The molecule has 0 spiro atoms. The van der Waals surface area contributed by atoms with E-state index in [1.807, 2.05) is 20.8 Å². The number of nitrogens with zero attached hydrogens (tertiary/aromatic N) is 3. The van der Waals surface area contributed by atoms with Gasteiger partial charge in [0.15, 0.2) is 5.96 Å². The molecule has 1 unspecified atom stereocenters. The second-order valence-corrected chi connectivity index (χ2v) is 7.52. The van der Waals surface area contributed by atoms with E-state index in [1.54, 1.807) is 4.90 Å². The summed E-state index contributed by atoms with van der Waals surface area (Å²) < 4.78 is 5.43. The van der Waals surface area contributed by atoms with Gasteiger partial charge in [0.2, 0.25) is 0 Å². The minimum Gasteiger partial charge on any atom is -0.444 e. The van der Waals surface area contributed by atoms with Gasteiger partial charge in [-0.25, -0.2) is 4.79 Å². The first-order valence-electron chi connectivity index (χ1n) is 9.50. The summed E-state index contributed by atoms with van der Waals surface area (Å²) >= 11 is 0. The lowest BCUT2D eigenvalue weighted by Crippen LogP contribution is -2.50. The molecule has 1 fully saturated rings. The minimum atomic E-state index is -0.436. The first-order valence-corrected chi connectivity index (χ1v) is 9.50. The monoisotopic (exact) mass is 483 g/mol. The molecule has 1 aliphatic rings. The molecule has 0 aromatic rings. The van der Waals surface area contributed by atoms with Crippen LogP contribution < -0.4 is 10.6 Å². The lowest BCUT2D eigenvalue weighted by Gasteiger charge is -2.35. The third kappa shape index (κ3) is 10.4. The molecule has 0 saturated carbocycles. The molecule has 8 heteroatoms. The molecule has 26 heavy (non-hydrogen) atoms. The molecule has 1 heterocycles. The Labute approximate surface area is 176 Å². The summed E-state index contributed by atoms with van der Waals surface area (Å²) in [4.78, 5) is 20.9. The first-order chi connectivity index (χ1) is 11.7. The number of guanidine groups is 1. The van der Waals surface area contributed by atoms with Crippen LogP contribution in [0.15, 0.2) is 4.99 Å². The summed E-state index contributed by atoms with van der Waals surface area (Å²) in [6.07, 6.45) is 0.856. The number of hydrogen-bond donors (Lipinski definition) is 2. The molecular weight excluding hydrogens is 445 g/mol. The quantitative estimate of drug-likeness (QED) is 0.345. The molecule has 1 aliphatic heterocycles. The van der Waals surface area contributed by atoms with Crippen molar-refractivity contribution in [3.05, 3.63) is 0 Å². The van der Waals surface area contributed by atoms with Crippen molar-refractivity contribution in [1.29, 1.82) is 0 Å². The van der Waals surface area contributed by atoms with Gasteiger partial charge >= 0.3 is 6.09 Å². The van der Waals surface area contributed by atoms with E-state index >= 15 is 0 Å². The van der Waals surface area contributed by atoms with Gasteiger partial charge in [-0.15, -0.1) is 24.0 Å². The van der Waals surface area contributed by atoms with Gasteiger partial charge < -0.3 is 20.3 Å². The van der Waals surface area contributed by atoms with Crippen molar-refractivity contribution in [1.82, 2.24) is 20.4 Å². The topological polar surface area (TPSA) is 69.2 Å². The van der Waals surface area contributed by atoms with Gasteiger partial charge in [0, 0.05) is 45.3 Å². The molecule has 154 valence electrons. The van der Waals surface area contributed by atoms with Crippen molar-refractivity contribution in [2.75, 3.05) is 45.8 Å². The molecule has 7 nitrogen and oxygen atoms in total. The van der Waals surface area contributed by atoms with Crippen LogP contribution in [0.3, 0.4) is 0 Å². The average Bonchev–Trinajstić information content (AvgIpc) is 2.53. The van der Waals surface area contributed by atoms with E-state index in [9.17, 15) is 4.79 Å². The van der Waals surface area contributed by atoms with Crippen LogP contribution in [0, 0.1) is 0 Å². The number of carbonyl (C=O) groups excluding carboxylic acids is 1. The number of piperazine rings is 1. The lowest BCUT2D eigenvalue weighted by atomic mass is 10.2. The Bertz CT molecular complexity index is 432. The van der Waals surface area contributed by atoms with Crippen LogP contribution in [0.1, 0.15) is 48.0 Å². The molecule has 2 N–H and O–H groups in total. The maximum absolute atomic E-state index is 12.1. The van der Waals surface area contributed by atoms with Crippen LogP contribution in [0.25, 0.3) is 0 Å². The van der Waals surface area contributed by atoms with Crippen molar-refractivity contribution in [2.24, 2.45) is 4.99 Å². The number of halogens is 1. The number of nitrogens with one attached hydrogen (secondary N) is 2. The molecule has 0 aliphatic carbocycles. The minimum absolute atomic E-state index is 0. The molecule has 0 aromatic heterocycles. The van der Waals surface area contributed by atoms with Crippen LogP contribution in [0.4, 0.5) is 4.79 Å². The van der Waals surface area contributed by atoms with Gasteiger partial charge in [-0.05, 0) is 41.0 Å². The number of rotatable bonds is 6. The Hall–Kier alpha value is -0.770. The van der Waals surface area contributed by atoms with Crippen molar-refractivity contribution in [2.45, 2.75) is 59.6 Å². The summed E-state index contributed by atoms with van der Waals surface area (Å²) in [5.74, 6) is 0.879. The zero-order chi connectivity index (χ0) is 18.9. The molecule has 1 rings (SSSR count). The molecular formula is C18H38IN5O2. The van der Waals surface area contributed by atoms with E-state index < -0.39 is 5.60 Å². The first kappa shape index (κ1) is 25.2. The Morgan fingerprint density at radius 2 is 1.81 bits per heavy atom. The highest BCUT2D eigenvalue weighted by Crippen LogP contribution is 2.11. The SMILES string of the molecule is CCNC(=NCCN1CCN(C(=O)OC(C)(C)C)CC1)NC(C)CC.I. The third-order valence-electron chi connectivity index (χ3n) is 4.05. The standard InChI is InChI=1S/C18H37N5O2.HI/c1-7-15(3)21-16(19-8-2)20-9-10-22-11-13-23(14-12-22)17(24)25-18(4,5)6;/h15H,7-14H2,1-6H3,(H2,19,20,21);1H. The molecule has 0 radical (unpaired) electrons. The lowest BCUT2D eigenvalue weighted by molar-refractivity contribution is 0.0148. The van der Waals surface area contributed by atoms with Crippen molar-refractivity contribution in [3.8, 4) is 0 Å². The Balaban J connectivity index is 0.00000625. The second kappa shape index (κ2) is 12.6. The van der Waals surface area contributed by atoms with E-state index in [0.717, 1.165) is 45.1 Å². The van der Waals surface area contributed by atoms with E-state index in [-0.39, 0.29) is 30.1 Å². The number of hydrogen-bond acceptors (Lipinski definition) is 4. The highest BCUT2D eigenvalue weighted by atomic mass is 127. The zero-order valence-corrected chi connectivity index (χ0v) is 19.6. The van der Waals surface area contributed by atoms with E-state index in [2.05, 4.69) is 41.3 Å². The van der Waals surface area contributed by atoms with Gasteiger partial charge in [-0.1, -0.05) is 6.92 Å². The predicted octanol–water partition coefficient (Wildman–Crippen LogP) is 2.51. The van der Waals surface area contributed by atoms with Crippen LogP contribution in [-0.2, 0) is 4.74 Å². The molecule has 1 atom stereocenters. The van der Waals surface area contributed by atoms with Gasteiger partial charge in [-0.3, -0.25) is 9.89 Å². The Morgan fingerprint density at radius 1 is 1.19 bits per heavy atom. The maximum Gasteiger partial charge on any atom is 0.410 e. The summed E-state index contributed by atoms with van der Waals surface area (Å²) in [5.41, 5.74) is -0.436. The van der Waals surface area contributed by atoms with Gasteiger partial charge in [0.1, 0.15) is 5.60 Å². The van der Waals surface area contributed by atoms with Crippen molar-refractivity contribution >= 4 is 36.0 Å². The van der Waals surface area contributed by atoms with Gasteiger partial charge in [0.25, 0.3) is 0 Å². The van der Waals surface area contributed by atoms with Crippen LogP contribution >= 0.6 is 24.0 Å². The Kier molecular flexibility index (Phi) is 12.2. The normalized spacial score (nSPS) is 17.3. The molecule has 0 bridgehead atoms. The third-order valence-corrected chi connectivity index (χ3v) is 4.05. The largest absolute Gasteiger partial charge is 0.444 e. The van der Waals surface area contributed by atoms with E-state index in [0.29, 0.717) is 19.1 Å². The molecule has 1 saturated heterocycles. The van der Waals surface area contributed by atoms with E-state index in [1.165, 1.54) is 0 Å². The summed E-state index contributed by atoms with van der Waals surface area (Å²) in [6.45, 7) is 17.7. The highest BCUT2D eigenvalue weighted by molar-refractivity contribution is 14.0. The summed E-state index contributed by atoms with van der Waals surface area (Å²) in [7, 11) is 0. The fraction of sp³-hybridized carbons (Fsp3) is 0.889. The fourth-order valence-electron chi connectivity index (χ4n) is 2.44. The number of amides is 1. The summed E-state index contributed by atoms with van der Waals surface area (Å²) in [6, 6.07) is 0.412.